The summed E-state index contributed by atoms with van der Waals surface area (Å²) >= 11 is 0. The lowest BCUT2D eigenvalue weighted by Crippen LogP contribution is -2.01. The Morgan fingerprint density at radius 3 is 2.67 bits per heavy atom. The van der Waals surface area contributed by atoms with Gasteiger partial charge in [-0.3, -0.25) is 4.79 Å². The number of hydrogen-bond acceptors (Lipinski definition) is 3. The molecule has 0 unspecified atom stereocenters. The minimum absolute atomic E-state index is 0.0727. The van der Waals surface area contributed by atoms with Crippen molar-refractivity contribution >= 4 is 11.9 Å². The number of rotatable bonds is 5. The monoisotopic (exact) mass is 322 g/mol. The lowest BCUT2D eigenvalue weighted by molar-refractivity contribution is 0.101. The molecule has 3 rings (SSSR count). The molecule has 0 aliphatic carbocycles. The third-order valence-electron chi connectivity index (χ3n) is 4.25. The molecular weight excluding hydrogens is 300 g/mol. The average Bonchev–Trinajstić information content (AvgIpc) is 2.86. The van der Waals surface area contributed by atoms with Crippen molar-refractivity contribution in [3.63, 3.8) is 0 Å². The number of hydrogen-bond donors (Lipinski definition) is 0. The summed E-state index contributed by atoms with van der Waals surface area (Å²) in [7, 11) is 0. The van der Waals surface area contributed by atoms with E-state index in [4.69, 9.17) is 9.47 Å². The van der Waals surface area contributed by atoms with Gasteiger partial charge in [-0.25, -0.2) is 0 Å². The highest BCUT2D eigenvalue weighted by Gasteiger charge is 2.28. The molecule has 0 aromatic heterocycles. The molecule has 2 aromatic rings. The van der Waals surface area contributed by atoms with E-state index in [1.807, 2.05) is 50.2 Å². The van der Waals surface area contributed by atoms with Crippen molar-refractivity contribution in [2.24, 2.45) is 0 Å². The Kier molecular flexibility index (Phi) is 4.70. The zero-order chi connectivity index (χ0) is 17.1. The van der Waals surface area contributed by atoms with E-state index < -0.39 is 0 Å². The first kappa shape index (κ1) is 16.3. The van der Waals surface area contributed by atoms with Gasteiger partial charge in [0, 0.05) is 5.56 Å². The Morgan fingerprint density at radius 1 is 1.12 bits per heavy atom. The molecule has 0 fully saturated rings. The molecule has 0 bridgehead atoms. The lowest BCUT2D eigenvalue weighted by atomic mass is 10.0. The maximum atomic E-state index is 12.6. The van der Waals surface area contributed by atoms with Gasteiger partial charge in [-0.1, -0.05) is 31.5 Å². The van der Waals surface area contributed by atoms with Gasteiger partial charge in [0.25, 0.3) is 0 Å². The van der Waals surface area contributed by atoms with Crippen LogP contribution < -0.4 is 9.47 Å². The maximum Gasteiger partial charge on any atom is 0.231 e. The minimum Gasteiger partial charge on any atom is -0.493 e. The number of para-hydroxylation sites is 1. The quantitative estimate of drug-likeness (QED) is 0.567. The molecule has 3 heteroatoms. The Bertz CT molecular complexity index is 803. The predicted molar refractivity (Wildman–Crippen MR) is 95.7 cm³/mol. The standard InChI is InChI=1S/C21H22O3/c1-4-5-10-23-18-9-7-6-8-16(18)13-20-21(22)17-11-14(2)15(3)12-19(17)24-20/h6-9,11-13H,4-5,10H2,1-3H3/b20-13-. The zero-order valence-electron chi connectivity index (χ0n) is 14.4. The van der Waals surface area contributed by atoms with Crippen LogP contribution in [0.3, 0.4) is 0 Å². The Morgan fingerprint density at radius 2 is 1.88 bits per heavy atom. The summed E-state index contributed by atoms with van der Waals surface area (Å²) in [5, 5.41) is 0. The first-order valence-electron chi connectivity index (χ1n) is 8.37. The summed E-state index contributed by atoms with van der Waals surface area (Å²) in [6, 6.07) is 11.5. The molecule has 1 heterocycles. The van der Waals surface area contributed by atoms with E-state index >= 15 is 0 Å². The lowest BCUT2D eigenvalue weighted by Gasteiger charge is -2.09. The van der Waals surface area contributed by atoms with Gasteiger partial charge in [0.1, 0.15) is 11.5 Å². The molecule has 24 heavy (non-hydrogen) atoms. The molecule has 3 nitrogen and oxygen atoms in total. The van der Waals surface area contributed by atoms with E-state index in [1.54, 1.807) is 6.08 Å². The van der Waals surface area contributed by atoms with Crippen molar-refractivity contribution in [1.82, 2.24) is 0 Å². The van der Waals surface area contributed by atoms with Gasteiger partial charge in [0.05, 0.1) is 12.2 Å². The predicted octanol–water partition coefficient (Wildman–Crippen LogP) is 5.10. The fourth-order valence-electron chi connectivity index (χ4n) is 2.64. The van der Waals surface area contributed by atoms with Gasteiger partial charge < -0.3 is 9.47 Å². The van der Waals surface area contributed by atoms with Crippen LogP contribution >= 0.6 is 0 Å². The van der Waals surface area contributed by atoms with E-state index in [9.17, 15) is 4.79 Å². The van der Waals surface area contributed by atoms with Crippen molar-refractivity contribution in [3.05, 3.63) is 64.4 Å². The van der Waals surface area contributed by atoms with Gasteiger partial charge in [-0.05, 0) is 55.7 Å². The molecule has 1 aliphatic heterocycles. The Balaban J connectivity index is 1.89. The van der Waals surface area contributed by atoms with Crippen molar-refractivity contribution in [1.29, 1.82) is 0 Å². The normalized spacial score (nSPS) is 14.6. The number of unbranched alkanes of at least 4 members (excludes halogenated alkanes) is 1. The van der Waals surface area contributed by atoms with Crippen LogP contribution in [0.15, 0.2) is 42.2 Å². The molecule has 2 aromatic carbocycles. The topological polar surface area (TPSA) is 35.5 Å². The van der Waals surface area contributed by atoms with Crippen molar-refractivity contribution < 1.29 is 14.3 Å². The molecule has 0 amide bonds. The highest BCUT2D eigenvalue weighted by Crippen LogP contribution is 2.35. The van der Waals surface area contributed by atoms with Gasteiger partial charge >= 0.3 is 0 Å². The van der Waals surface area contributed by atoms with Crippen molar-refractivity contribution in [2.75, 3.05) is 6.61 Å². The number of allylic oxidation sites excluding steroid dienone is 1. The zero-order valence-corrected chi connectivity index (χ0v) is 14.4. The highest BCUT2D eigenvalue weighted by atomic mass is 16.5. The van der Waals surface area contributed by atoms with Gasteiger partial charge in [-0.2, -0.15) is 0 Å². The number of carbonyl (C=O) groups is 1. The summed E-state index contributed by atoms with van der Waals surface area (Å²) in [4.78, 5) is 12.6. The summed E-state index contributed by atoms with van der Waals surface area (Å²) in [6.45, 7) is 6.82. The summed E-state index contributed by atoms with van der Waals surface area (Å²) in [6.07, 6.45) is 3.86. The van der Waals surface area contributed by atoms with Crippen molar-refractivity contribution in [2.45, 2.75) is 33.6 Å². The van der Waals surface area contributed by atoms with Crippen molar-refractivity contribution in [3.8, 4) is 11.5 Å². The largest absolute Gasteiger partial charge is 0.493 e. The van der Waals surface area contributed by atoms with Crippen LogP contribution in [-0.4, -0.2) is 12.4 Å². The number of aryl methyl sites for hydroxylation is 2. The minimum atomic E-state index is -0.0727. The van der Waals surface area contributed by atoms with E-state index in [-0.39, 0.29) is 5.78 Å². The molecule has 0 spiro atoms. The van der Waals surface area contributed by atoms with E-state index in [2.05, 4.69) is 6.92 Å². The van der Waals surface area contributed by atoms with Crippen LogP contribution in [0.2, 0.25) is 0 Å². The Labute approximate surface area is 142 Å². The van der Waals surface area contributed by atoms with Crippen LogP contribution in [0, 0.1) is 13.8 Å². The summed E-state index contributed by atoms with van der Waals surface area (Å²) in [5.41, 5.74) is 3.70. The number of fused-ring (bicyclic) bond motifs is 1. The first-order chi connectivity index (χ1) is 11.6. The summed E-state index contributed by atoms with van der Waals surface area (Å²) < 4.78 is 11.6. The number of benzene rings is 2. The van der Waals surface area contributed by atoms with E-state index in [0.29, 0.717) is 23.7 Å². The van der Waals surface area contributed by atoms with Crippen LogP contribution in [0.1, 0.15) is 46.8 Å². The third kappa shape index (κ3) is 3.21. The number of Topliss-reactive ketones (excluding diaryl/α,β-unsaturated/α-hetero) is 1. The first-order valence-corrected chi connectivity index (χ1v) is 8.37. The van der Waals surface area contributed by atoms with Crippen LogP contribution in [-0.2, 0) is 0 Å². The van der Waals surface area contributed by atoms with E-state index in [0.717, 1.165) is 35.3 Å². The number of ether oxygens (including phenoxy) is 2. The van der Waals surface area contributed by atoms with Crippen LogP contribution in [0.4, 0.5) is 0 Å². The second kappa shape index (κ2) is 6.91. The molecule has 0 atom stereocenters. The number of ketones is 1. The molecule has 0 radical (unpaired) electrons. The Hall–Kier alpha value is -2.55. The van der Waals surface area contributed by atoms with E-state index in [1.165, 1.54) is 0 Å². The van der Waals surface area contributed by atoms with Crippen LogP contribution in [0.25, 0.3) is 6.08 Å². The van der Waals surface area contributed by atoms with Crippen LogP contribution in [0.5, 0.6) is 11.5 Å². The third-order valence-corrected chi connectivity index (χ3v) is 4.25. The SMILES string of the molecule is CCCCOc1ccccc1/C=C1\Oc2cc(C)c(C)cc2C1=O. The molecule has 0 N–H and O–H groups in total. The van der Waals surface area contributed by atoms with Gasteiger partial charge in [0.15, 0.2) is 5.76 Å². The van der Waals surface area contributed by atoms with Gasteiger partial charge in [-0.15, -0.1) is 0 Å². The number of carbonyl (C=O) groups excluding carboxylic acids is 1. The molecule has 124 valence electrons. The average molecular weight is 322 g/mol. The second-order valence-electron chi connectivity index (χ2n) is 6.11. The highest BCUT2D eigenvalue weighted by molar-refractivity contribution is 6.14. The fraction of sp³-hybridized carbons (Fsp3) is 0.286. The molecule has 1 aliphatic rings. The maximum absolute atomic E-state index is 12.6. The summed E-state index contributed by atoms with van der Waals surface area (Å²) in [5.74, 6) is 1.69. The smallest absolute Gasteiger partial charge is 0.231 e. The molecule has 0 saturated carbocycles. The molecule has 0 saturated heterocycles. The van der Waals surface area contributed by atoms with Gasteiger partial charge in [0.2, 0.25) is 5.78 Å². The molecular formula is C21H22O3. The fourth-order valence-corrected chi connectivity index (χ4v) is 2.64. The second-order valence-corrected chi connectivity index (χ2v) is 6.11.